The molecule has 6 nitrogen and oxygen atoms in total. The zero-order valence-corrected chi connectivity index (χ0v) is 15.3. The SMILES string of the molecule is CC1(NC[C@H]2CC[C@H](N3CNC(=O)c4cnc5[nH]ccc5c43)CC2)CC1. The molecule has 138 valence electrons. The standard InChI is InChI=1S/C20H27N5O/c1-20(7-8-20)24-10-13-2-4-14(5-3-13)25-12-23-19(26)16-11-22-18-15(17(16)25)6-9-21-18/h6,9,11,13-14,24H,2-5,7-8,10,12H2,1H3,(H,21,22)(H,23,26)/t13-,14-. The van der Waals surface area contributed by atoms with E-state index >= 15 is 0 Å². The summed E-state index contributed by atoms with van der Waals surface area (Å²) in [6.07, 6.45) is 11.2. The molecule has 3 aliphatic rings. The van der Waals surface area contributed by atoms with Crippen LogP contribution in [-0.2, 0) is 0 Å². The summed E-state index contributed by atoms with van der Waals surface area (Å²) in [7, 11) is 0. The van der Waals surface area contributed by atoms with E-state index in [0.29, 0.717) is 23.8 Å². The Morgan fingerprint density at radius 1 is 1.31 bits per heavy atom. The fourth-order valence-electron chi connectivity index (χ4n) is 4.53. The van der Waals surface area contributed by atoms with Gasteiger partial charge in [0.1, 0.15) is 5.65 Å². The monoisotopic (exact) mass is 353 g/mol. The van der Waals surface area contributed by atoms with E-state index in [4.69, 9.17) is 0 Å². The molecule has 0 spiro atoms. The highest BCUT2D eigenvalue weighted by atomic mass is 16.2. The molecule has 0 radical (unpaired) electrons. The van der Waals surface area contributed by atoms with Crippen molar-refractivity contribution in [1.82, 2.24) is 20.6 Å². The van der Waals surface area contributed by atoms with Gasteiger partial charge in [0.15, 0.2) is 0 Å². The highest BCUT2D eigenvalue weighted by Gasteiger charge is 2.38. The first-order valence-electron chi connectivity index (χ1n) is 9.89. The summed E-state index contributed by atoms with van der Waals surface area (Å²) < 4.78 is 0. The number of rotatable bonds is 4. The van der Waals surface area contributed by atoms with E-state index in [9.17, 15) is 4.79 Å². The van der Waals surface area contributed by atoms with Gasteiger partial charge in [0.25, 0.3) is 5.91 Å². The molecule has 2 fully saturated rings. The lowest BCUT2D eigenvalue weighted by molar-refractivity contribution is 0.0944. The summed E-state index contributed by atoms with van der Waals surface area (Å²) in [5, 5.41) is 7.85. The number of hydrogen-bond donors (Lipinski definition) is 3. The molecular weight excluding hydrogens is 326 g/mol. The van der Waals surface area contributed by atoms with Crippen molar-refractivity contribution in [2.45, 2.75) is 57.0 Å². The third kappa shape index (κ3) is 2.76. The number of hydrogen-bond acceptors (Lipinski definition) is 4. The van der Waals surface area contributed by atoms with E-state index in [2.05, 4.69) is 32.4 Å². The van der Waals surface area contributed by atoms with Crippen LogP contribution < -0.4 is 15.5 Å². The lowest BCUT2D eigenvalue weighted by atomic mass is 9.84. The van der Waals surface area contributed by atoms with Crippen molar-refractivity contribution in [3.05, 3.63) is 24.0 Å². The number of anilines is 1. The van der Waals surface area contributed by atoms with Crippen molar-refractivity contribution in [3.63, 3.8) is 0 Å². The molecule has 0 atom stereocenters. The number of carbonyl (C=O) groups is 1. The van der Waals surface area contributed by atoms with Gasteiger partial charge in [-0.2, -0.15) is 0 Å². The molecule has 2 saturated carbocycles. The Morgan fingerprint density at radius 3 is 2.88 bits per heavy atom. The van der Waals surface area contributed by atoms with E-state index < -0.39 is 0 Å². The molecule has 0 bridgehead atoms. The highest BCUT2D eigenvalue weighted by Crippen LogP contribution is 2.38. The topological polar surface area (TPSA) is 73.0 Å². The fraction of sp³-hybridized carbons (Fsp3) is 0.600. The zero-order valence-electron chi connectivity index (χ0n) is 15.3. The van der Waals surface area contributed by atoms with Crippen LogP contribution >= 0.6 is 0 Å². The van der Waals surface area contributed by atoms with E-state index in [0.717, 1.165) is 29.2 Å². The number of amides is 1. The van der Waals surface area contributed by atoms with Crippen molar-refractivity contribution in [2.75, 3.05) is 18.1 Å². The summed E-state index contributed by atoms with van der Waals surface area (Å²) in [6, 6.07) is 2.53. The van der Waals surface area contributed by atoms with Crippen molar-refractivity contribution in [1.29, 1.82) is 0 Å². The maximum Gasteiger partial charge on any atom is 0.256 e. The van der Waals surface area contributed by atoms with Crippen LogP contribution in [0.3, 0.4) is 0 Å². The first kappa shape index (κ1) is 16.1. The maximum atomic E-state index is 12.3. The lowest BCUT2D eigenvalue weighted by Crippen LogP contribution is -2.50. The van der Waals surface area contributed by atoms with Gasteiger partial charge in [-0.1, -0.05) is 0 Å². The van der Waals surface area contributed by atoms with Crippen LogP contribution in [0.2, 0.25) is 0 Å². The minimum Gasteiger partial charge on any atom is -0.350 e. The number of H-pyrrole nitrogens is 1. The van der Waals surface area contributed by atoms with Gasteiger partial charge >= 0.3 is 0 Å². The molecule has 6 heteroatoms. The van der Waals surface area contributed by atoms with Gasteiger partial charge in [0.05, 0.1) is 17.9 Å². The highest BCUT2D eigenvalue weighted by molar-refractivity contribution is 6.08. The first-order chi connectivity index (χ1) is 12.6. The minimum atomic E-state index is -0.0117. The van der Waals surface area contributed by atoms with Crippen LogP contribution in [0, 0.1) is 5.92 Å². The molecule has 0 aromatic carbocycles. The molecule has 3 N–H and O–H groups in total. The summed E-state index contributed by atoms with van der Waals surface area (Å²) in [5.41, 5.74) is 3.06. The van der Waals surface area contributed by atoms with Gasteiger partial charge in [-0.05, 0) is 64.0 Å². The number of aromatic nitrogens is 2. The second-order valence-corrected chi connectivity index (χ2v) is 8.51. The van der Waals surface area contributed by atoms with Gasteiger partial charge in [-0.3, -0.25) is 4.79 Å². The average molecular weight is 353 g/mol. The third-order valence-electron chi connectivity index (χ3n) is 6.57. The van der Waals surface area contributed by atoms with Gasteiger partial charge < -0.3 is 20.5 Å². The Kier molecular flexibility index (Phi) is 3.71. The predicted molar refractivity (Wildman–Crippen MR) is 102 cm³/mol. The summed E-state index contributed by atoms with van der Waals surface area (Å²) in [4.78, 5) is 22.3. The third-order valence-corrected chi connectivity index (χ3v) is 6.57. The number of pyridine rings is 1. The second kappa shape index (κ2) is 5.98. The molecule has 2 aromatic heterocycles. The Labute approximate surface area is 153 Å². The molecule has 5 rings (SSSR count). The molecule has 0 saturated heterocycles. The van der Waals surface area contributed by atoms with Gasteiger partial charge in [-0.15, -0.1) is 0 Å². The van der Waals surface area contributed by atoms with Crippen LogP contribution in [0.5, 0.6) is 0 Å². The molecule has 2 aromatic rings. The van der Waals surface area contributed by atoms with Crippen LogP contribution in [0.25, 0.3) is 11.0 Å². The van der Waals surface area contributed by atoms with Crippen molar-refractivity contribution in [2.24, 2.45) is 5.92 Å². The molecule has 1 aliphatic heterocycles. The molecule has 2 aliphatic carbocycles. The fourth-order valence-corrected chi connectivity index (χ4v) is 4.53. The predicted octanol–water partition coefficient (Wildman–Crippen LogP) is 2.77. The van der Waals surface area contributed by atoms with Gasteiger partial charge in [0.2, 0.25) is 0 Å². The quantitative estimate of drug-likeness (QED) is 0.790. The molecular formula is C20H27N5O. The van der Waals surface area contributed by atoms with E-state index in [1.807, 2.05) is 12.3 Å². The van der Waals surface area contributed by atoms with E-state index in [-0.39, 0.29) is 5.91 Å². The van der Waals surface area contributed by atoms with Crippen LogP contribution in [0.15, 0.2) is 18.5 Å². The van der Waals surface area contributed by atoms with Crippen LogP contribution in [0.4, 0.5) is 5.69 Å². The smallest absolute Gasteiger partial charge is 0.256 e. The average Bonchev–Trinajstić information content (AvgIpc) is 3.20. The molecule has 26 heavy (non-hydrogen) atoms. The van der Waals surface area contributed by atoms with Crippen LogP contribution in [0.1, 0.15) is 55.8 Å². The Hall–Kier alpha value is -2.08. The number of fused-ring (bicyclic) bond motifs is 3. The van der Waals surface area contributed by atoms with E-state index in [1.54, 1.807) is 6.20 Å². The number of aromatic amines is 1. The Morgan fingerprint density at radius 2 is 2.12 bits per heavy atom. The number of nitrogens with one attached hydrogen (secondary N) is 3. The maximum absolute atomic E-state index is 12.3. The van der Waals surface area contributed by atoms with Crippen molar-refractivity contribution < 1.29 is 4.79 Å². The number of nitrogens with zero attached hydrogens (tertiary/aromatic N) is 2. The Bertz CT molecular complexity index is 832. The van der Waals surface area contributed by atoms with Crippen LogP contribution in [-0.4, -0.2) is 40.7 Å². The zero-order chi connectivity index (χ0) is 17.7. The first-order valence-corrected chi connectivity index (χ1v) is 9.89. The number of carbonyl (C=O) groups excluding carboxylic acids is 1. The summed E-state index contributed by atoms with van der Waals surface area (Å²) in [5.74, 6) is 0.773. The Balaban J connectivity index is 1.33. The molecule has 1 amide bonds. The summed E-state index contributed by atoms with van der Waals surface area (Å²) in [6.45, 7) is 4.09. The van der Waals surface area contributed by atoms with E-state index in [1.165, 1.54) is 38.5 Å². The van der Waals surface area contributed by atoms with Gasteiger partial charge in [-0.25, -0.2) is 4.98 Å². The summed E-state index contributed by atoms with van der Waals surface area (Å²) >= 11 is 0. The van der Waals surface area contributed by atoms with Gasteiger partial charge in [0, 0.05) is 29.4 Å². The van der Waals surface area contributed by atoms with Crippen molar-refractivity contribution in [3.8, 4) is 0 Å². The molecule has 3 heterocycles. The lowest BCUT2D eigenvalue weighted by Gasteiger charge is -2.41. The largest absolute Gasteiger partial charge is 0.350 e. The molecule has 0 unspecified atom stereocenters. The minimum absolute atomic E-state index is 0.0117. The second-order valence-electron chi connectivity index (χ2n) is 8.51. The van der Waals surface area contributed by atoms with Crippen molar-refractivity contribution >= 4 is 22.6 Å². The normalized spacial score (nSPS) is 27.3.